The average molecular weight is 158 g/mol. The summed E-state index contributed by atoms with van der Waals surface area (Å²) < 4.78 is 0.479. The fourth-order valence-electron chi connectivity index (χ4n) is 1.32. The van der Waals surface area contributed by atoms with Gasteiger partial charge in [0.2, 0.25) is 0 Å². The molecule has 0 saturated carbocycles. The normalized spacial score (nSPS) is 36.3. The minimum atomic E-state index is 0.479. The van der Waals surface area contributed by atoms with Crippen LogP contribution in [0.25, 0.3) is 0 Å². The standard InChI is InChI=1S/C9H18S/c1-7-6-10-9(4,5)8(7,2)3/h7H,6H2,1-5H3. The molecule has 0 amide bonds. The van der Waals surface area contributed by atoms with E-state index in [4.69, 9.17) is 0 Å². The van der Waals surface area contributed by atoms with Crippen LogP contribution in [0.15, 0.2) is 0 Å². The van der Waals surface area contributed by atoms with Crippen molar-refractivity contribution in [1.82, 2.24) is 0 Å². The van der Waals surface area contributed by atoms with Gasteiger partial charge in [-0.1, -0.05) is 34.6 Å². The second-order valence-corrected chi connectivity index (χ2v) is 6.09. The van der Waals surface area contributed by atoms with Crippen molar-refractivity contribution in [3.05, 3.63) is 0 Å². The van der Waals surface area contributed by atoms with Crippen molar-refractivity contribution in [2.75, 3.05) is 5.75 Å². The molecule has 1 aliphatic heterocycles. The maximum atomic E-state index is 2.39. The monoisotopic (exact) mass is 158 g/mol. The van der Waals surface area contributed by atoms with Gasteiger partial charge in [0, 0.05) is 4.75 Å². The Kier molecular flexibility index (Phi) is 1.83. The molecule has 60 valence electrons. The predicted octanol–water partition coefficient (Wildman–Crippen LogP) is 3.17. The Balaban J connectivity index is 2.84. The third-order valence-electron chi connectivity index (χ3n) is 3.48. The van der Waals surface area contributed by atoms with Gasteiger partial charge in [-0.15, -0.1) is 0 Å². The molecule has 1 unspecified atom stereocenters. The fraction of sp³-hybridized carbons (Fsp3) is 1.00. The van der Waals surface area contributed by atoms with Crippen LogP contribution >= 0.6 is 11.8 Å². The summed E-state index contributed by atoms with van der Waals surface area (Å²) in [5.74, 6) is 2.20. The van der Waals surface area contributed by atoms with E-state index in [0.717, 1.165) is 5.92 Å². The molecule has 1 aliphatic rings. The van der Waals surface area contributed by atoms with Crippen LogP contribution in [0.5, 0.6) is 0 Å². The molecule has 0 N–H and O–H groups in total. The Morgan fingerprint density at radius 1 is 1.20 bits per heavy atom. The van der Waals surface area contributed by atoms with Gasteiger partial charge in [-0.3, -0.25) is 0 Å². The first kappa shape index (κ1) is 8.45. The molecule has 0 aromatic carbocycles. The van der Waals surface area contributed by atoms with E-state index < -0.39 is 0 Å². The van der Waals surface area contributed by atoms with Gasteiger partial charge in [-0.2, -0.15) is 11.8 Å². The summed E-state index contributed by atoms with van der Waals surface area (Å²) in [6, 6.07) is 0. The molecule has 0 bridgehead atoms. The van der Waals surface area contributed by atoms with E-state index in [1.54, 1.807) is 0 Å². The molecular formula is C9H18S. The lowest BCUT2D eigenvalue weighted by Gasteiger charge is -2.36. The zero-order valence-corrected chi connectivity index (χ0v) is 8.51. The Morgan fingerprint density at radius 2 is 1.70 bits per heavy atom. The Labute approximate surface area is 68.8 Å². The molecule has 0 aromatic rings. The van der Waals surface area contributed by atoms with E-state index in [-0.39, 0.29) is 0 Å². The second-order valence-electron chi connectivity index (χ2n) is 4.44. The Hall–Kier alpha value is 0.350. The van der Waals surface area contributed by atoms with Gasteiger partial charge in [0.05, 0.1) is 0 Å². The SMILES string of the molecule is CC1CSC(C)(C)C1(C)C. The number of hydrogen-bond acceptors (Lipinski definition) is 1. The van der Waals surface area contributed by atoms with E-state index in [1.807, 2.05) is 0 Å². The zero-order chi connectivity index (χ0) is 7.99. The first-order valence-corrected chi connectivity index (χ1v) is 5.00. The molecule has 0 aromatic heterocycles. The Morgan fingerprint density at radius 3 is 1.80 bits per heavy atom. The van der Waals surface area contributed by atoms with Crippen LogP contribution in [0.4, 0.5) is 0 Å². The maximum Gasteiger partial charge on any atom is 0.0157 e. The van der Waals surface area contributed by atoms with Crippen LogP contribution in [0.1, 0.15) is 34.6 Å². The summed E-state index contributed by atoms with van der Waals surface area (Å²) in [6.45, 7) is 11.9. The van der Waals surface area contributed by atoms with Gasteiger partial charge < -0.3 is 0 Å². The molecule has 1 heterocycles. The van der Waals surface area contributed by atoms with Gasteiger partial charge in [0.25, 0.3) is 0 Å². The molecule has 0 nitrogen and oxygen atoms in total. The zero-order valence-electron chi connectivity index (χ0n) is 7.69. The minimum Gasteiger partial charge on any atom is -0.155 e. The second kappa shape index (κ2) is 2.17. The highest BCUT2D eigenvalue weighted by Crippen LogP contribution is 2.54. The van der Waals surface area contributed by atoms with E-state index in [2.05, 4.69) is 46.4 Å². The summed E-state index contributed by atoms with van der Waals surface area (Å²) in [5.41, 5.74) is 0.512. The summed E-state index contributed by atoms with van der Waals surface area (Å²) in [6.07, 6.45) is 0. The van der Waals surface area contributed by atoms with Crippen molar-refractivity contribution in [2.45, 2.75) is 39.4 Å². The van der Waals surface area contributed by atoms with Crippen molar-refractivity contribution >= 4 is 11.8 Å². The van der Waals surface area contributed by atoms with Crippen LogP contribution in [-0.4, -0.2) is 10.5 Å². The minimum absolute atomic E-state index is 0.479. The van der Waals surface area contributed by atoms with Gasteiger partial charge >= 0.3 is 0 Å². The van der Waals surface area contributed by atoms with Crippen LogP contribution < -0.4 is 0 Å². The van der Waals surface area contributed by atoms with Crippen molar-refractivity contribution in [2.24, 2.45) is 11.3 Å². The molecule has 0 spiro atoms. The van der Waals surface area contributed by atoms with Crippen molar-refractivity contribution in [3.63, 3.8) is 0 Å². The van der Waals surface area contributed by atoms with Crippen LogP contribution in [0, 0.1) is 11.3 Å². The van der Waals surface area contributed by atoms with Gasteiger partial charge in [0.15, 0.2) is 0 Å². The van der Waals surface area contributed by atoms with E-state index in [1.165, 1.54) is 5.75 Å². The molecule has 1 saturated heterocycles. The average Bonchev–Trinajstić information content (AvgIpc) is 1.94. The van der Waals surface area contributed by atoms with Crippen LogP contribution in [0.3, 0.4) is 0 Å². The largest absolute Gasteiger partial charge is 0.155 e. The summed E-state index contributed by atoms with van der Waals surface area (Å²) >= 11 is 2.11. The predicted molar refractivity (Wildman–Crippen MR) is 49.5 cm³/mol. The fourth-order valence-corrected chi connectivity index (χ4v) is 2.98. The van der Waals surface area contributed by atoms with E-state index in [9.17, 15) is 0 Å². The third-order valence-corrected chi connectivity index (χ3v) is 5.39. The van der Waals surface area contributed by atoms with Crippen molar-refractivity contribution in [3.8, 4) is 0 Å². The molecule has 1 heteroatoms. The van der Waals surface area contributed by atoms with Crippen LogP contribution in [-0.2, 0) is 0 Å². The summed E-state index contributed by atoms with van der Waals surface area (Å²) in [4.78, 5) is 0. The lowest BCUT2D eigenvalue weighted by atomic mass is 9.72. The van der Waals surface area contributed by atoms with Crippen molar-refractivity contribution in [1.29, 1.82) is 0 Å². The highest BCUT2D eigenvalue weighted by Gasteiger charge is 2.46. The highest BCUT2D eigenvalue weighted by atomic mass is 32.2. The third kappa shape index (κ3) is 0.990. The molecular weight excluding hydrogens is 140 g/mol. The highest BCUT2D eigenvalue weighted by molar-refractivity contribution is 8.00. The molecule has 0 radical (unpaired) electrons. The smallest absolute Gasteiger partial charge is 0.0157 e. The molecule has 1 fully saturated rings. The molecule has 1 atom stereocenters. The summed E-state index contributed by atoms with van der Waals surface area (Å²) in [7, 11) is 0. The number of thioether (sulfide) groups is 1. The van der Waals surface area contributed by atoms with E-state index >= 15 is 0 Å². The first-order valence-electron chi connectivity index (χ1n) is 4.02. The molecule has 1 rings (SSSR count). The number of rotatable bonds is 0. The first-order chi connectivity index (χ1) is 4.38. The van der Waals surface area contributed by atoms with Crippen LogP contribution in [0.2, 0.25) is 0 Å². The maximum absolute atomic E-state index is 2.39. The van der Waals surface area contributed by atoms with Gasteiger partial charge in [0.1, 0.15) is 0 Å². The molecule has 10 heavy (non-hydrogen) atoms. The quantitative estimate of drug-likeness (QED) is 0.522. The van der Waals surface area contributed by atoms with Gasteiger partial charge in [-0.05, 0) is 17.1 Å². The Bertz CT molecular complexity index is 136. The lowest BCUT2D eigenvalue weighted by Crippen LogP contribution is -2.34. The topological polar surface area (TPSA) is 0 Å². The molecule has 0 aliphatic carbocycles. The lowest BCUT2D eigenvalue weighted by molar-refractivity contribution is 0.215. The van der Waals surface area contributed by atoms with E-state index in [0.29, 0.717) is 10.2 Å². The summed E-state index contributed by atoms with van der Waals surface area (Å²) in [5, 5.41) is 0. The van der Waals surface area contributed by atoms with Crippen molar-refractivity contribution < 1.29 is 0 Å². The number of hydrogen-bond donors (Lipinski definition) is 0. The van der Waals surface area contributed by atoms with Gasteiger partial charge in [-0.25, -0.2) is 0 Å².